The Morgan fingerprint density at radius 3 is 2.52 bits per heavy atom. The van der Waals surface area contributed by atoms with Crippen LogP contribution in [0.2, 0.25) is 0 Å². The van der Waals surface area contributed by atoms with Crippen molar-refractivity contribution < 1.29 is 29.2 Å². The Bertz CT molecular complexity index is 462. The summed E-state index contributed by atoms with van der Waals surface area (Å²) in [6.07, 6.45) is -4.98. The minimum Gasteiger partial charge on any atom is -0.457 e. The Morgan fingerprint density at radius 1 is 1.24 bits per heavy atom. The fourth-order valence-electron chi connectivity index (χ4n) is 2.22. The van der Waals surface area contributed by atoms with Gasteiger partial charge in [-0.1, -0.05) is 30.3 Å². The molecule has 1 fully saturated rings. The summed E-state index contributed by atoms with van der Waals surface area (Å²) in [5, 5.41) is 20.1. The molecule has 116 valence electrons. The average molecular weight is 296 g/mol. The normalized spacial score (nSPS) is 32.7. The van der Waals surface area contributed by atoms with Crippen LogP contribution in [0.1, 0.15) is 19.4 Å². The van der Waals surface area contributed by atoms with Crippen molar-refractivity contribution in [2.45, 2.75) is 51.2 Å². The van der Waals surface area contributed by atoms with Gasteiger partial charge in [0, 0.05) is 6.92 Å². The molecule has 5 atom stereocenters. The number of benzene rings is 1. The maximum absolute atomic E-state index is 11.1. The minimum absolute atomic E-state index is 0.248. The van der Waals surface area contributed by atoms with Gasteiger partial charge in [0.1, 0.15) is 12.2 Å². The van der Waals surface area contributed by atoms with E-state index in [1.807, 2.05) is 30.3 Å². The number of rotatable bonds is 4. The summed E-state index contributed by atoms with van der Waals surface area (Å²) >= 11 is 0. The Morgan fingerprint density at radius 2 is 1.90 bits per heavy atom. The molecular formula is C15H20O6. The number of hydrogen-bond acceptors (Lipinski definition) is 6. The summed E-state index contributed by atoms with van der Waals surface area (Å²) in [6.45, 7) is 3.10. The second-order valence-electron chi connectivity index (χ2n) is 5.06. The highest BCUT2D eigenvalue weighted by Gasteiger charge is 2.45. The van der Waals surface area contributed by atoms with Crippen molar-refractivity contribution in [3.05, 3.63) is 35.9 Å². The molecule has 0 amide bonds. The number of carbonyl (C=O) groups is 1. The quantitative estimate of drug-likeness (QED) is 0.792. The molecule has 0 unspecified atom stereocenters. The first-order valence-electron chi connectivity index (χ1n) is 6.83. The van der Waals surface area contributed by atoms with Gasteiger partial charge < -0.3 is 24.4 Å². The Hall–Kier alpha value is -1.47. The Kier molecular flexibility index (Phi) is 5.30. The number of aliphatic hydroxyl groups excluding tert-OH is 2. The fourth-order valence-corrected chi connectivity index (χ4v) is 2.22. The molecule has 21 heavy (non-hydrogen) atoms. The summed E-state index contributed by atoms with van der Waals surface area (Å²) in [7, 11) is 0. The summed E-state index contributed by atoms with van der Waals surface area (Å²) in [5.41, 5.74) is 0.927. The van der Waals surface area contributed by atoms with E-state index in [1.165, 1.54) is 6.92 Å². The Labute approximate surface area is 123 Å². The zero-order chi connectivity index (χ0) is 15.4. The molecular weight excluding hydrogens is 276 g/mol. The molecule has 6 nitrogen and oxygen atoms in total. The average Bonchev–Trinajstić information content (AvgIpc) is 2.47. The molecule has 0 radical (unpaired) electrons. The van der Waals surface area contributed by atoms with Crippen LogP contribution in [0.3, 0.4) is 0 Å². The molecule has 2 rings (SSSR count). The maximum atomic E-state index is 11.1. The molecule has 1 heterocycles. The molecule has 6 heteroatoms. The van der Waals surface area contributed by atoms with E-state index in [0.29, 0.717) is 0 Å². The van der Waals surface area contributed by atoms with Gasteiger partial charge in [-0.2, -0.15) is 0 Å². The van der Waals surface area contributed by atoms with Crippen LogP contribution in [0.4, 0.5) is 0 Å². The van der Waals surface area contributed by atoms with Crippen molar-refractivity contribution >= 4 is 5.97 Å². The van der Waals surface area contributed by atoms with E-state index in [-0.39, 0.29) is 6.61 Å². The van der Waals surface area contributed by atoms with Crippen molar-refractivity contribution in [1.82, 2.24) is 0 Å². The van der Waals surface area contributed by atoms with Crippen LogP contribution in [-0.4, -0.2) is 46.9 Å². The predicted octanol–water partition coefficient (Wildman–Crippen LogP) is 0.601. The van der Waals surface area contributed by atoms with Crippen LogP contribution >= 0.6 is 0 Å². The third-order valence-electron chi connectivity index (χ3n) is 3.34. The first kappa shape index (κ1) is 15.9. The molecule has 1 saturated heterocycles. The Balaban J connectivity index is 2.00. The number of esters is 1. The van der Waals surface area contributed by atoms with Gasteiger partial charge in [-0.3, -0.25) is 4.79 Å². The van der Waals surface area contributed by atoms with Crippen LogP contribution in [0.5, 0.6) is 0 Å². The van der Waals surface area contributed by atoms with Gasteiger partial charge >= 0.3 is 5.97 Å². The number of carbonyl (C=O) groups excluding carboxylic acids is 1. The number of aliphatic hydroxyl groups is 2. The molecule has 2 N–H and O–H groups in total. The number of hydrogen-bond donors (Lipinski definition) is 2. The maximum Gasteiger partial charge on any atom is 0.303 e. The first-order valence-corrected chi connectivity index (χ1v) is 6.83. The highest BCUT2D eigenvalue weighted by molar-refractivity contribution is 5.66. The van der Waals surface area contributed by atoms with Crippen molar-refractivity contribution in [1.29, 1.82) is 0 Å². The van der Waals surface area contributed by atoms with E-state index in [9.17, 15) is 15.0 Å². The van der Waals surface area contributed by atoms with Crippen molar-refractivity contribution in [3.63, 3.8) is 0 Å². The molecule has 1 aliphatic heterocycles. The molecule has 1 aliphatic rings. The lowest BCUT2D eigenvalue weighted by Crippen LogP contribution is -2.58. The number of ether oxygens (including phenoxy) is 3. The van der Waals surface area contributed by atoms with E-state index in [2.05, 4.69) is 0 Å². The van der Waals surface area contributed by atoms with Gasteiger partial charge in [-0.15, -0.1) is 0 Å². The first-order chi connectivity index (χ1) is 9.99. The van der Waals surface area contributed by atoms with Gasteiger partial charge in [-0.25, -0.2) is 0 Å². The van der Waals surface area contributed by atoms with Gasteiger partial charge in [0.05, 0.1) is 12.7 Å². The van der Waals surface area contributed by atoms with Crippen LogP contribution in [-0.2, 0) is 25.6 Å². The van der Waals surface area contributed by atoms with Crippen molar-refractivity contribution in [2.75, 3.05) is 0 Å². The third kappa shape index (κ3) is 4.01. The van der Waals surface area contributed by atoms with Gasteiger partial charge in [0.25, 0.3) is 0 Å². The standard InChI is InChI=1S/C15H20O6/c1-9-12(17)14(21-10(2)16)13(18)15(20-9)19-8-11-6-4-3-5-7-11/h3-7,9,12-15,17-18H,8H2,1-2H3/t9-,12-,13-,14+,15+/m0/s1. The monoisotopic (exact) mass is 296 g/mol. The van der Waals surface area contributed by atoms with Crippen LogP contribution in [0.15, 0.2) is 30.3 Å². The zero-order valence-corrected chi connectivity index (χ0v) is 12.0. The summed E-state index contributed by atoms with van der Waals surface area (Å²) in [4.78, 5) is 11.1. The molecule has 1 aromatic rings. The van der Waals surface area contributed by atoms with Crippen LogP contribution in [0, 0.1) is 0 Å². The van der Waals surface area contributed by atoms with Crippen LogP contribution < -0.4 is 0 Å². The lowest BCUT2D eigenvalue weighted by Gasteiger charge is -2.40. The third-order valence-corrected chi connectivity index (χ3v) is 3.34. The second kappa shape index (κ2) is 7.00. The van der Waals surface area contributed by atoms with Gasteiger partial charge in [-0.05, 0) is 12.5 Å². The van der Waals surface area contributed by atoms with Crippen LogP contribution in [0.25, 0.3) is 0 Å². The molecule has 0 saturated carbocycles. The van der Waals surface area contributed by atoms with Crippen molar-refractivity contribution in [3.8, 4) is 0 Å². The lowest BCUT2D eigenvalue weighted by molar-refractivity contribution is -0.298. The molecule has 0 aromatic heterocycles. The van der Waals surface area contributed by atoms with E-state index in [1.54, 1.807) is 6.92 Å². The molecule has 1 aromatic carbocycles. The van der Waals surface area contributed by atoms with E-state index in [0.717, 1.165) is 5.56 Å². The van der Waals surface area contributed by atoms with Crippen molar-refractivity contribution in [2.24, 2.45) is 0 Å². The summed E-state index contributed by atoms with van der Waals surface area (Å²) in [5.74, 6) is -0.575. The van der Waals surface area contributed by atoms with Gasteiger partial charge in [0.15, 0.2) is 12.4 Å². The second-order valence-corrected chi connectivity index (χ2v) is 5.06. The molecule has 0 aliphatic carbocycles. The van der Waals surface area contributed by atoms with E-state index < -0.39 is 36.7 Å². The SMILES string of the molecule is CC(=O)O[C@H]1[C@H](O)[C@H](OCc2ccccc2)O[C@@H](C)[C@@H]1O. The highest BCUT2D eigenvalue weighted by Crippen LogP contribution is 2.25. The lowest BCUT2D eigenvalue weighted by atomic mass is 9.99. The zero-order valence-electron chi connectivity index (χ0n) is 12.0. The summed E-state index contributed by atoms with van der Waals surface area (Å²) < 4.78 is 15.9. The predicted molar refractivity (Wildman–Crippen MR) is 73.1 cm³/mol. The van der Waals surface area contributed by atoms with E-state index in [4.69, 9.17) is 14.2 Å². The highest BCUT2D eigenvalue weighted by atomic mass is 16.7. The molecule has 0 spiro atoms. The topological polar surface area (TPSA) is 85.2 Å². The largest absolute Gasteiger partial charge is 0.457 e. The fraction of sp³-hybridized carbons (Fsp3) is 0.533. The minimum atomic E-state index is -1.25. The van der Waals surface area contributed by atoms with Gasteiger partial charge in [0.2, 0.25) is 0 Å². The van der Waals surface area contributed by atoms with E-state index >= 15 is 0 Å². The molecule has 0 bridgehead atoms. The smallest absolute Gasteiger partial charge is 0.303 e. The summed E-state index contributed by atoms with van der Waals surface area (Å²) in [6, 6.07) is 9.43.